The van der Waals surface area contributed by atoms with Gasteiger partial charge in [0.2, 0.25) is 0 Å². The highest BCUT2D eigenvalue weighted by Crippen LogP contribution is 2.31. The van der Waals surface area contributed by atoms with E-state index in [1.165, 1.54) is 0 Å². The maximum absolute atomic E-state index is 12.4. The number of aromatic hydroxyl groups is 1. The van der Waals surface area contributed by atoms with Crippen molar-refractivity contribution in [2.45, 2.75) is 0 Å². The van der Waals surface area contributed by atoms with Crippen molar-refractivity contribution in [3.63, 3.8) is 0 Å². The molecule has 0 fully saturated rings. The predicted molar refractivity (Wildman–Crippen MR) is 90.6 cm³/mol. The van der Waals surface area contributed by atoms with E-state index in [0.29, 0.717) is 10.9 Å². The molecule has 3 N–H and O–H groups in total. The van der Waals surface area contributed by atoms with Crippen LogP contribution in [-0.2, 0) is 0 Å². The number of hydrogen-bond acceptors (Lipinski definition) is 3. The molecule has 23 heavy (non-hydrogen) atoms. The third-order valence-electron chi connectivity index (χ3n) is 3.32. The first-order chi connectivity index (χ1) is 11.0. The summed E-state index contributed by atoms with van der Waals surface area (Å²) in [6, 6.07) is 11.3. The van der Waals surface area contributed by atoms with Crippen LogP contribution < -0.4 is 10.9 Å². The first-order valence-electron chi connectivity index (χ1n) is 6.58. The van der Waals surface area contributed by atoms with E-state index >= 15 is 0 Å². The highest BCUT2D eigenvalue weighted by molar-refractivity contribution is 6.44. The number of nitrogens with one attached hydrogen (secondary N) is 2. The Bertz CT molecular complexity index is 983. The number of aromatic amines is 1. The molecule has 1 amide bonds. The number of H-pyrrole nitrogens is 1. The molecular weight excluding hydrogens is 339 g/mol. The zero-order valence-corrected chi connectivity index (χ0v) is 13.1. The summed E-state index contributed by atoms with van der Waals surface area (Å²) < 4.78 is 0. The van der Waals surface area contributed by atoms with Gasteiger partial charge < -0.3 is 15.4 Å². The Morgan fingerprint density at radius 2 is 1.83 bits per heavy atom. The SMILES string of the molecule is O=C(Nc1cccc(Cl)c1Cl)c1c(O)c2ccccc2[nH]c1=O. The summed E-state index contributed by atoms with van der Waals surface area (Å²) in [6.45, 7) is 0. The largest absolute Gasteiger partial charge is 0.506 e. The molecule has 0 bridgehead atoms. The van der Waals surface area contributed by atoms with Crippen molar-refractivity contribution in [2.24, 2.45) is 0 Å². The molecule has 5 nitrogen and oxygen atoms in total. The highest BCUT2D eigenvalue weighted by Gasteiger charge is 2.20. The maximum Gasteiger partial charge on any atom is 0.265 e. The predicted octanol–water partition coefficient (Wildman–Crippen LogP) is 3.79. The molecule has 116 valence electrons. The lowest BCUT2D eigenvalue weighted by molar-refractivity contribution is 0.102. The minimum absolute atomic E-state index is 0.152. The van der Waals surface area contributed by atoms with Gasteiger partial charge in [0.25, 0.3) is 11.5 Å². The normalized spacial score (nSPS) is 10.7. The number of benzene rings is 2. The summed E-state index contributed by atoms with van der Waals surface area (Å²) >= 11 is 11.9. The zero-order chi connectivity index (χ0) is 16.6. The van der Waals surface area contributed by atoms with Crippen LogP contribution >= 0.6 is 23.2 Å². The minimum Gasteiger partial charge on any atom is -0.506 e. The molecule has 0 aliphatic rings. The lowest BCUT2D eigenvalue weighted by Crippen LogP contribution is -2.23. The number of pyridine rings is 1. The smallest absolute Gasteiger partial charge is 0.265 e. The third kappa shape index (κ3) is 2.76. The maximum atomic E-state index is 12.4. The molecular formula is C16H10Cl2N2O3. The van der Waals surface area contributed by atoms with Crippen molar-refractivity contribution in [1.82, 2.24) is 4.98 Å². The van der Waals surface area contributed by atoms with Gasteiger partial charge in [0.15, 0.2) is 0 Å². The van der Waals surface area contributed by atoms with Crippen LogP contribution in [0.1, 0.15) is 10.4 Å². The van der Waals surface area contributed by atoms with Crippen LogP contribution in [0.25, 0.3) is 10.9 Å². The summed E-state index contributed by atoms with van der Waals surface area (Å²) in [4.78, 5) is 27.0. The molecule has 0 saturated heterocycles. The van der Waals surface area contributed by atoms with Crippen LogP contribution in [0.4, 0.5) is 5.69 Å². The van der Waals surface area contributed by atoms with Gasteiger partial charge in [-0.15, -0.1) is 0 Å². The van der Waals surface area contributed by atoms with Crippen molar-refractivity contribution in [1.29, 1.82) is 0 Å². The molecule has 0 aliphatic heterocycles. The van der Waals surface area contributed by atoms with E-state index in [1.807, 2.05) is 0 Å². The minimum atomic E-state index is -0.779. The lowest BCUT2D eigenvalue weighted by Gasteiger charge is -2.10. The number of anilines is 1. The van der Waals surface area contributed by atoms with Gasteiger partial charge in [0, 0.05) is 5.39 Å². The summed E-state index contributed by atoms with van der Waals surface area (Å²) in [7, 11) is 0. The Morgan fingerprint density at radius 3 is 2.61 bits per heavy atom. The fourth-order valence-electron chi connectivity index (χ4n) is 2.22. The molecule has 2 aromatic carbocycles. The topological polar surface area (TPSA) is 82.2 Å². The van der Waals surface area contributed by atoms with Crippen molar-refractivity contribution < 1.29 is 9.90 Å². The van der Waals surface area contributed by atoms with Crippen molar-refractivity contribution in [3.8, 4) is 5.75 Å². The molecule has 3 aromatic rings. The average Bonchev–Trinajstić information content (AvgIpc) is 2.52. The average molecular weight is 349 g/mol. The number of aromatic nitrogens is 1. The second-order valence-corrected chi connectivity index (χ2v) is 5.56. The van der Waals surface area contributed by atoms with Crippen molar-refractivity contribution in [2.75, 3.05) is 5.32 Å². The first kappa shape index (κ1) is 15.4. The van der Waals surface area contributed by atoms with Crippen LogP contribution in [0.15, 0.2) is 47.3 Å². The number of hydrogen-bond donors (Lipinski definition) is 3. The van der Waals surface area contributed by atoms with Gasteiger partial charge in [-0.2, -0.15) is 0 Å². The number of amides is 1. The third-order valence-corrected chi connectivity index (χ3v) is 4.14. The summed E-state index contributed by atoms with van der Waals surface area (Å²) in [5.74, 6) is -1.17. The number of carbonyl (C=O) groups is 1. The van der Waals surface area contributed by atoms with E-state index in [0.717, 1.165) is 0 Å². The van der Waals surface area contributed by atoms with Crippen molar-refractivity contribution >= 4 is 45.7 Å². The molecule has 0 aliphatic carbocycles. The van der Waals surface area contributed by atoms with E-state index in [9.17, 15) is 14.7 Å². The van der Waals surface area contributed by atoms with E-state index < -0.39 is 11.5 Å². The summed E-state index contributed by atoms with van der Waals surface area (Å²) in [5, 5.41) is 13.5. The van der Waals surface area contributed by atoms with Gasteiger partial charge >= 0.3 is 0 Å². The van der Waals surface area contributed by atoms with Gasteiger partial charge in [0.05, 0.1) is 21.2 Å². The Hall–Kier alpha value is -2.50. The number of carbonyl (C=O) groups excluding carboxylic acids is 1. The number of halogens is 2. The molecule has 1 heterocycles. The molecule has 0 radical (unpaired) electrons. The quantitative estimate of drug-likeness (QED) is 0.658. The summed E-state index contributed by atoms with van der Waals surface area (Å²) in [6.07, 6.45) is 0. The Morgan fingerprint density at radius 1 is 1.09 bits per heavy atom. The van der Waals surface area contributed by atoms with E-state index in [-0.39, 0.29) is 27.0 Å². The van der Waals surface area contributed by atoms with Gasteiger partial charge in [-0.1, -0.05) is 41.4 Å². The molecule has 0 unspecified atom stereocenters. The van der Waals surface area contributed by atoms with Gasteiger partial charge in [0.1, 0.15) is 11.3 Å². The van der Waals surface area contributed by atoms with Gasteiger partial charge in [-0.3, -0.25) is 9.59 Å². The van der Waals surface area contributed by atoms with Crippen molar-refractivity contribution in [3.05, 3.63) is 68.4 Å². The molecule has 0 atom stereocenters. The standard InChI is InChI=1S/C16H10Cl2N2O3/c17-9-5-3-7-11(13(9)18)20-16(23)12-14(21)8-4-1-2-6-10(8)19-15(12)22/h1-7H,(H,20,23)(H2,19,21,22). The molecule has 1 aromatic heterocycles. The van der Waals surface area contributed by atoms with Gasteiger partial charge in [-0.25, -0.2) is 0 Å². The lowest BCUT2D eigenvalue weighted by atomic mass is 10.1. The second-order valence-electron chi connectivity index (χ2n) is 4.78. The van der Waals surface area contributed by atoms with Gasteiger partial charge in [-0.05, 0) is 24.3 Å². The fourth-order valence-corrected chi connectivity index (χ4v) is 2.57. The highest BCUT2D eigenvalue weighted by atomic mass is 35.5. The molecule has 7 heteroatoms. The number of fused-ring (bicyclic) bond motifs is 1. The molecule has 0 spiro atoms. The van der Waals surface area contributed by atoms with E-state index in [4.69, 9.17) is 23.2 Å². The van der Waals surface area contributed by atoms with Crippen LogP contribution in [0.3, 0.4) is 0 Å². The number of rotatable bonds is 2. The zero-order valence-electron chi connectivity index (χ0n) is 11.6. The molecule has 0 saturated carbocycles. The Kier molecular flexibility index (Phi) is 3.98. The van der Waals surface area contributed by atoms with E-state index in [1.54, 1.807) is 42.5 Å². The van der Waals surface area contributed by atoms with Crippen LogP contribution in [-0.4, -0.2) is 16.0 Å². The molecule has 3 rings (SSSR count). The second kappa shape index (κ2) is 5.95. The summed E-state index contributed by atoms with van der Waals surface area (Å²) in [5.41, 5.74) is -0.403. The Labute approximate surface area is 140 Å². The van der Waals surface area contributed by atoms with Crippen LogP contribution in [0.5, 0.6) is 5.75 Å². The number of para-hydroxylation sites is 1. The monoisotopic (exact) mass is 348 g/mol. The Balaban J connectivity index is 2.08. The first-order valence-corrected chi connectivity index (χ1v) is 7.34. The van der Waals surface area contributed by atoms with Crippen LogP contribution in [0, 0.1) is 0 Å². The van der Waals surface area contributed by atoms with Crippen LogP contribution in [0.2, 0.25) is 10.0 Å². The van der Waals surface area contributed by atoms with E-state index in [2.05, 4.69) is 10.3 Å². The fraction of sp³-hybridized carbons (Fsp3) is 0.